The average Bonchev–Trinajstić information content (AvgIpc) is 3.14. The number of imidazole rings is 1. The molecule has 0 radical (unpaired) electrons. The van der Waals surface area contributed by atoms with Gasteiger partial charge in [-0.1, -0.05) is 29.8 Å². The molecule has 0 aliphatic heterocycles. The van der Waals surface area contributed by atoms with Gasteiger partial charge in [-0.2, -0.15) is 0 Å². The van der Waals surface area contributed by atoms with Crippen LogP contribution >= 0.6 is 0 Å². The molecule has 0 N–H and O–H groups in total. The molecule has 0 spiro atoms. The smallest absolute Gasteiger partial charge is 0.177 e. The zero-order chi connectivity index (χ0) is 17.6. The maximum Gasteiger partial charge on any atom is 0.177 e. The maximum atomic E-state index is 5.87. The molecule has 3 nitrogen and oxygen atoms in total. The van der Waals surface area contributed by atoms with Gasteiger partial charge in [-0.3, -0.25) is 0 Å². The second-order valence-corrected chi connectivity index (χ2v) is 6.80. The van der Waals surface area contributed by atoms with Crippen molar-refractivity contribution in [3.05, 3.63) is 76.5 Å². The molecule has 4 aromatic rings. The largest absolute Gasteiger partial charge is 0.458 e. The summed E-state index contributed by atoms with van der Waals surface area (Å²) in [5.74, 6) is 2.60. The third kappa shape index (κ3) is 2.76. The number of nitrogens with zero attached hydrogens (tertiary/aromatic N) is 2. The van der Waals surface area contributed by atoms with Gasteiger partial charge in [0.1, 0.15) is 5.76 Å². The van der Waals surface area contributed by atoms with Crippen LogP contribution in [0.2, 0.25) is 0 Å². The highest BCUT2D eigenvalue weighted by atomic mass is 16.3. The second-order valence-electron chi connectivity index (χ2n) is 6.80. The van der Waals surface area contributed by atoms with Crippen molar-refractivity contribution in [1.29, 1.82) is 0 Å². The Morgan fingerprint density at radius 1 is 0.920 bits per heavy atom. The molecule has 4 rings (SSSR count). The lowest BCUT2D eigenvalue weighted by Gasteiger charge is -2.14. The van der Waals surface area contributed by atoms with Crippen LogP contribution in [0.5, 0.6) is 0 Å². The molecule has 0 amide bonds. The van der Waals surface area contributed by atoms with E-state index < -0.39 is 0 Å². The molecule has 2 aromatic carbocycles. The van der Waals surface area contributed by atoms with E-state index in [1.54, 1.807) is 0 Å². The Hall–Kier alpha value is -2.81. The van der Waals surface area contributed by atoms with E-state index in [9.17, 15) is 0 Å². The number of rotatable bonds is 3. The van der Waals surface area contributed by atoms with E-state index in [0.717, 1.165) is 34.9 Å². The van der Waals surface area contributed by atoms with Gasteiger partial charge in [-0.15, -0.1) is 0 Å². The number of para-hydroxylation sites is 2. The van der Waals surface area contributed by atoms with Crippen LogP contribution in [0.3, 0.4) is 0 Å². The molecular formula is C22H22N2O. The van der Waals surface area contributed by atoms with Gasteiger partial charge in [-0.05, 0) is 68.7 Å². The van der Waals surface area contributed by atoms with Crippen molar-refractivity contribution in [2.75, 3.05) is 0 Å². The minimum atomic E-state index is 0.785. The van der Waals surface area contributed by atoms with Gasteiger partial charge < -0.3 is 8.98 Å². The number of hydrogen-bond acceptors (Lipinski definition) is 2. The molecular weight excluding hydrogens is 308 g/mol. The third-order valence-electron chi connectivity index (χ3n) is 4.77. The molecule has 0 fully saturated rings. The molecule has 126 valence electrons. The van der Waals surface area contributed by atoms with Crippen LogP contribution in [0, 0.1) is 27.7 Å². The van der Waals surface area contributed by atoms with E-state index in [0.29, 0.717) is 0 Å². The van der Waals surface area contributed by atoms with Crippen LogP contribution in [-0.2, 0) is 6.54 Å². The topological polar surface area (TPSA) is 31.0 Å². The maximum absolute atomic E-state index is 5.87. The Morgan fingerprint density at radius 3 is 2.32 bits per heavy atom. The van der Waals surface area contributed by atoms with Gasteiger partial charge in [-0.25, -0.2) is 4.98 Å². The summed E-state index contributed by atoms with van der Waals surface area (Å²) in [6, 6.07) is 16.8. The van der Waals surface area contributed by atoms with Crippen LogP contribution in [-0.4, -0.2) is 9.55 Å². The quantitative estimate of drug-likeness (QED) is 0.491. The molecule has 0 unspecified atom stereocenters. The monoisotopic (exact) mass is 330 g/mol. The number of hydrogen-bond donors (Lipinski definition) is 0. The standard InChI is InChI=1S/C22H22N2O/c1-14-11-15(2)18(16(3)12-14)13-24-20-8-6-5-7-19(20)23-22(24)21-10-9-17(4)25-21/h5-12H,13H2,1-4H3. The molecule has 3 heteroatoms. The normalized spacial score (nSPS) is 11.4. The molecule has 0 bridgehead atoms. The van der Waals surface area contributed by atoms with Gasteiger partial charge in [0.2, 0.25) is 0 Å². The summed E-state index contributed by atoms with van der Waals surface area (Å²) in [5, 5.41) is 0. The van der Waals surface area contributed by atoms with E-state index in [4.69, 9.17) is 9.40 Å². The number of benzene rings is 2. The van der Waals surface area contributed by atoms with Crippen LogP contribution in [0.25, 0.3) is 22.6 Å². The van der Waals surface area contributed by atoms with Crippen LogP contribution in [0.15, 0.2) is 52.9 Å². The van der Waals surface area contributed by atoms with Gasteiger partial charge in [0.25, 0.3) is 0 Å². The molecule has 25 heavy (non-hydrogen) atoms. The summed E-state index contributed by atoms with van der Waals surface area (Å²) in [6.45, 7) is 9.27. The summed E-state index contributed by atoms with van der Waals surface area (Å²) >= 11 is 0. The molecule has 2 aromatic heterocycles. The zero-order valence-corrected chi connectivity index (χ0v) is 15.1. The summed E-state index contributed by atoms with van der Waals surface area (Å²) in [7, 11) is 0. The molecule has 0 aliphatic rings. The van der Waals surface area contributed by atoms with Gasteiger partial charge in [0.15, 0.2) is 11.6 Å². The lowest BCUT2D eigenvalue weighted by atomic mass is 9.99. The van der Waals surface area contributed by atoms with Crippen molar-refractivity contribution >= 4 is 11.0 Å². The molecule has 0 saturated heterocycles. The summed E-state index contributed by atoms with van der Waals surface area (Å²) in [6.07, 6.45) is 0. The summed E-state index contributed by atoms with van der Waals surface area (Å²) < 4.78 is 8.14. The first-order chi connectivity index (χ1) is 12.0. The van der Waals surface area contributed by atoms with E-state index in [1.165, 1.54) is 22.3 Å². The van der Waals surface area contributed by atoms with Crippen LogP contribution in [0.4, 0.5) is 0 Å². The lowest BCUT2D eigenvalue weighted by Crippen LogP contribution is -2.06. The van der Waals surface area contributed by atoms with Crippen molar-refractivity contribution in [3.8, 4) is 11.6 Å². The average molecular weight is 330 g/mol. The minimum Gasteiger partial charge on any atom is -0.458 e. The molecule has 0 atom stereocenters. The SMILES string of the molecule is Cc1cc(C)c(Cn2c(-c3ccc(C)o3)nc3ccccc32)c(C)c1. The Balaban J connectivity index is 1.92. The highest BCUT2D eigenvalue weighted by molar-refractivity contribution is 5.80. The Bertz CT molecular complexity index is 1050. The fraction of sp³-hybridized carbons (Fsp3) is 0.227. The van der Waals surface area contributed by atoms with E-state index >= 15 is 0 Å². The fourth-order valence-electron chi connectivity index (χ4n) is 3.60. The van der Waals surface area contributed by atoms with E-state index in [-0.39, 0.29) is 0 Å². The number of aryl methyl sites for hydroxylation is 4. The first-order valence-electron chi connectivity index (χ1n) is 8.62. The summed E-state index contributed by atoms with van der Waals surface area (Å²) in [4.78, 5) is 4.84. The second kappa shape index (κ2) is 5.92. The molecule has 0 saturated carbocycles. The van der Waals surface area contributed by atoms with Crippen molar-refractivity contribution in [3.63, 3.8) is 0 Å². The van der Waals surface area contributed by atoms with Crippen molar-refractivity contribution in [1.82, 2.24) is 9.55 Å². The predicted molar refractivity (Wildman–Crippen MR) is 102 cm³/mol. The fourth-order valence-corrected chi connectivity index (χ4v) is 3.60. The molecule has 0 aliphatic carbocycles. The highest BCUT2D eigenvalue weighted by Crippen LogP contribution is 2.28. The minimum absolute atomic E-state index is 0.785. The predicted octanol–water partition coefficient (Wildman–Crippen LogP) is 5.58. The van der Waals surface area contributed by atoms with E-state index in [1.807, 2.05) is 25.1 Å². The Labute approximate surface area is 147 Å². The Kier molecular flexibility index (Phi) is 3.72. The van der Waals surface area contributed by atoms with Crippen molar-refractivity contribution in [2.45, 2.75) is 34.2 Å². The first kappa shape index (κ1) is 15.7. The Morgan fingerprint density at radius 2 is 1.64 bits per heavy atom. The summed E-state index contributed by atoms with van der Waals surface area (Å²) in [5.41, 5.74) is 7.41. The van der Waals surface area contributed by atoms with E-state index in [2.05, 4.69) is 55.7 Å². The van der Waals surface area contributed by atoms with Gasteiger partial charge >= 0.3 is 0 Å². The van der Waals surface area contributed by atoms with Gasteiger partial charge in [0.05, 0.1) is 17.6 Å². The van der Waals surface area contributed by atoms with Crippen molar-refractivity contribution in [2.24, 2.45) is 0 Å². The third-order valence-corrected chi connectivity index (χ3v) is 4.77. The lowest BCUT2D eigenvalue weighted by molar-refractivity contribution is 0.540. The number of fused-ring (bicyclic) bond motifs is 1. The number of furan rings is 1. The number of aromatic nitrogens is 2. The van der Waals surface area contributed by atoms with Crippen molar-refractivity contribution < 1.29 is 4.42 Å². The van der Waals surface area contributed by atoms with Gasteiger partial charge in [0, 0.05) is 0 Å². The zero-order valence-electron chi connectivity index (χ0n) is 15.1. The van der Waals surface area contributed by atoms with Crippen LogP contribution < -0.4 is 0 Å². The molecule has 2 heterocycles. The van der Waals surface area contributed by atoms with Crippen LogP contribution in [0.1, 0.15) is 28.0 Å². The first-order valence-corrected chi connectivity index (χ1v) is 8.62. The highest BCUT2D eigenvalue weighted by Gasteiger charge is 2.17.